The van der Waals surface area contributed by atoms with Gasteiger partial charge >= 0.3 is 0 Å². The van der Waals surface area contributed by atoms with Crippen molar-refractivity contribution in [2.75, 3.05) is 13.1 Å². The average Bonchev–Trinajstić information content (AvgIpc) is 3.33. The molecule has 3 aliphatic heterocycles. The van der Waals surface area contributed by atoms with Crippen molar-refractivity contribution in [3.05, 3.63) is 48.7 Å². The average molecular weight is 350 g/mol. The zero-order chi connectivity index (χ0) is 17.7. The van der Waals surface area contributed by atoms with Crippen molar-refractivity contribution in [3.8, 4) is 5.69 Å². The van der Waals surface area contributed by atoms with E-state index in [-0.39, 0.29) is 11.9 Å². The summed E-state index contributed by atoms with van der Waals surface area (Å²) in [6.07, 6.45) is 9.59. The molecule has 3 saturated heterocycles. The van der Waals surface area contributed by atoms with E-state index in [0.717, 1.165) is 24.2 Å². The third kappa shape index (κ3) is 2.44. The van der Waals surface area contributed by atoms with Gasteiger partial charge in [-0.05, 0) is 57.0 Å². The first-order valence-electron chi connectivity index (χ1n) is 9.26. The fourth-order valence-corrected chi connectivity index (χ4v) is 4.51. The van der Waals surface area contributed by atoms with Gasteiger partial charge in [0, 0.05) is 29.9 Å². The maximum Gasteiger partial charge on any atom is 0.270 e. The summed E-state index contributed by atoms with van der Waals surface area (Å²) in [6, 6.07) is 6.34. The molecule has 1 N–H and O–H groups in total. The smallest absolute Gasteiger partial charge is 0.270 e. The molecule has 6 heteroatoms. The van der Waals surface area contributed by atoms with Crippen LogP contribution >= 0.6 is 0 Å². The lowest BCUT2D eigenvalue weighted by Crippen LogP contribution is -2.62. The molecule has 134 valence electrons. The number of hydrogen-bond acceptors (Lipinski definition) is 4. The van der Waals surface area contributed by atoms with Crippen LogP contribution in [0.4, 0.5) is 0 Å². The standard InChI is InChI=1S/C20H22N4O2/c1-13-19(14-4-8-23(13)9-5-14)22-20(25)16-10-15-17(24-6-2-3-7-24)12-26-18(15)11-21-16/h2-3,6-7,10-14,19H,4-5,8-9H2,1H3,(H,22,25). The summed E-state index contributed by atoms with van der Waals surface area (Å²) in [6.45, 7) is 4.52. The normalized spacial score (nSPS) is 27.7. The van der Waals surface area contributed by atoms with Crippen molar-refractivity contribution in [2.24, 2.45) is 5.92 Å². The number of amides is 1. The van der Waals surface area contributed by atoms with Crippen LogP contribution in [0.25, 0.3) is 16.7 Å². The third-order valence-corrected chi connectivity index (χ3v) is 6.03. The van der Waals surface area contributed by atoms with Crippen molar-refractivity contribution >= 4 is 16.9 Å². The van der Waals surface area contributed by atoms with Gasteiger partial charge in [-0.25, -0.2) is 4.98 Å². The molecule has 3 fully saturated rings. The predicted molar refractivity (Wildman–Crippen MR) is 98.3 cm³/mol. The van der Waals surface area contributed by atoms with Crippen molar-refractivity contribution in [3.63, 3.8) is 0 Å². The van der Waals surface area contributed by atoms with Gasteiger partial charge in [-0.2, -0.15) is 0 Å². The maximum absolute atomic E-state index is 12.9. The van der Waals surface area contributed by atoms with E-state index in [9.17, 15) is 4.79 Å². The van der Waals surface area contributed by atoms with Gasteiger partial charge < -0.3 is 14.3 Å². The molecule has 3 aliphatic rings. The third-order valence-electron chi connectivity index (χ3n) is 6.03. The van der Waals surface area contributed by atoms with Crippen LogP contribution in [-0.4, -0.2) is 45.5 Å². The quantitative estimate of drug-likeness (QED) is 0.789. The van der Waals surface area contributed by atoms with Gasteiger partial charge in [0.15, 0.2) is 5.58 Å². The number of nitrogens with one attached hydrogen (secondary N) is 1. The number of pyridine rings is 1. The molecule has 3 aromatic heterocycles. The summed E-state index contributed by atoms with van der Waals surface area (Å²) >= 11 is 0. The molecule has 6 rings (SSSR count). The monoisotopic (exact) mass is 350 g/mol. The van der Waals surface area contributed by atoms with Crippen molar-refractivity contribution in [2.45, 2.75) is 31.8 Å². The molecule has 0 spiro atoms. The largest absolute Gasteiger partial charge is 0.460 e. The Morgan fingerprint density at radius 1 is 1.27 bits per heavy atom. The summed E-state index contributed by atoms with van der Waals surface area (Å²) in [5.41, 5.74) is 2.04. The number of aromatic nitrogens is 2. The minimum Gasteiger partial charge on any atom is -0.460 e. The Morgan fingerprint density at radius 2 is 2.04 bits per heavy atom. The number of piperidine rings is 3. The molecule has 0 radical (unpaired) electrons. The highest BCUT2D eigenvalue weighted by molar-refractivity contribution is 5.97. The van der Waals surface area contributed by atoms with Gasteiger partial charge in [0.05, 0.1) is 11.9 Å². The fourth-order valence-electron chi connectivity index (χ4n) is 4.51. The minimum atomic E-state index is -0.0999. The Morgan fingerprint density at radius 3 is 2.77 bits per heavy atom. The number of rotatable bonds is 3. The molecular formula is C20H22N4O2. The maximum atomic E-state index is 12.9. The fraction of sp³-hybridized carbons (Fsp3) is 0.400. The Bertz CT molecular complexity index is 936. The molecule has 1 amide bonds. The van der Waals surface area contributed by atoms with Crippen LogP contribution in [0.2, 0.25) is 0 Å². The van der Waals surface area contributed by atoms with Crippen LogP contribution in [0, 0.1) is 5.92 Å². The SMILES string of the molecule is CC1C(NC(=O)c2cc3c(-n4cccc4)coc3cn2)C2CCN1CC2. The molecule has 2 bridgehead atoms. The molecule has 6 nitrogen and oxygen atoms in total. The summed E-state index contributed by atoms with van der Waals surface area (Å²) in [5, 5.41) is 4.14. The Labute approximate surface area is 151 Å². The molecule has 6 heterocycles. The lowest BCUT2D eigenvalue weighted by atomic mass is 9.79. The molecule has 0 aliphatic carbocycles. The van der Waals surface area contributed by atoms with E-state index < -0.39 is 0 Å². The van der Waals surface area contributed by atoms with E-state index in [1.807, 2.05) is 35.2 Å². The number of nitrogens with zero attached hydrogens (tertiary/aromatic N) is 3. The molecule has 3 aromatic rings. The van der Waals surface area contributed by atoms with Gasteiger partial charge in [-0.1, -0.05) is 0 Å². The van der Waals surface area contributed by atoms with Crippen LogP contribution < -0.4 is 5.32 Å². The predicted octanol–water partition coefficient (Wildman–Crippen LogP) is 2.83. The van der Waals surface area contributed by atoms with Crippen molar-refractivity contribution in [1.29, 1.82) is 0 Å². The highest BCUT2D eigenvalue weighted by Crippen LogP contribution is 2.32. The Hall–Kier alpha value is -2.60. The van der Waals surface area contributed by atoms with Crippen molar-refractivity contribution in [1.82, 2.24) is 19.8 Å². The van der Waals surface area contributed by atoms with E-state index in [0.29, 0.717) is 23.2 Å². The first-order valence-corrected chi connectivity index (χ1v) is 9.26. The summed E-state index contributed by atoms with van der Waals surface area (Å²) in [5.74, 6) is 0.476. The lowest BCUT2D eigenvalue weighted by Gasteiger charge is -2.49. The number of carbonyl (C=O) groups excluding carboxylic acids is 1. The Balaban J connectivity index is 1.43. The topological polar surface area (TPSA) is 63.3 Å². The van der Waals surface area contributed by atoms with Crippen LogP contribution in [0.15, 0.2) is 47.5 Å². The van der Waals surface area contributed by atoms with Gasteiger partial charge in [0.2, 0.25) is 0 Å². The molecular weight excluding hydrogens is 328 g/mol. The second-order valence-electron chi connectivity index (χ2n) is 7.39. The highest BCUT2D eigenvalue weighted by Gasteiger charge is 2.40. The van der Waals surface area contributed by atoms with Gasteiger partial charge in [0.25, 0.3) is 5.91 Å². The van der Waals surface area contributed by atoms with Crippen LogP contribution in [-0.2, 0) is 0 Å². The molecule has 2 unspecified atom stereocenters. The summed E-state index contributed by atoms with van der Waals surface area (Å²) < 4.78 is 7.57. The summed E-state index contributed by atoms with van der Waals surface area (Å²) in [7, 11) is 0. The van der Waals surface area contributed by atoms with E-state index >= 15 is 0 Å². The van der Waals surface area contributed by atoms with E-state index in [1.54, 1.807) is 12.5 Å². The van der Waals surface area contributed by atoms with E-state index in [2.05, 4.69) is 22.1 Å². The van der Waals surface area contributed by atoms with Gasteiger partial charge in [-0.15, -0.1) is 0 Å². The molecule has 26 heavy (non-hydrogen) atoms. The molecule has 2 atom stereocenters. The first kappa shape index (κ1) is 15.6. The van der Waals surface area contributed by atoms with Crippen LogP contribution in [0.5, 0.6) is 0 Å². The first-order chi connectivity index (χ1) is 12.7. The van der Waals surface area contributed by atoms with Gasteiger partial charge in [-0.3, -0.25) is 9.69 Å². The molecule has 0 aromatic carbocycles. The van der Waals surface area contributed by atoms with E-state index in [4.69, 9.17) is 4.42 Å². The molecule has 0 saturated carbocycles. The van der Waals surface area contributed by atoms with Crippen LogP contribution in [0.3, 0.4) is 0 Å². The highest BCUT2D eigenvalue weighted by atomic mass is 16.3. The van der Waals surface area contributed by atoms with Crippen LogP contribution in [0.1, 0.15) is 30.3 Å². The zero-order valence-corrected chi connectivity index (χ0v) is 14.8. The Kier molecular flexibility index (Phi) is 3.60. The minimum absolute atomic E-state index is 0.0999. The number of fused-ring (bicyclic) bond motifs is 4. The number of hydrogen-bond donors (Lipinski definition) is 1. The second kappa shape index (κ2) is 5.99. The summed E-state index contributed by atoms with van der Waals surface area (Å²) in [4.78, 5) is 19.7. The number of carbonyl (C=O) groups is 1. The number of furan rings is 1. The van der Waals surface area contributed by atoms with Crippen molar-refractivity contribution < 1.29 is 9.21 Å². The van der Waals surface area contributed by atoms with E-state index in [1.165, 1.54) is 12.8 Å². The lowest BCUT2D eigenvalue weighted by molar-refractivity contribution is 0.0216. The second-order valence-corrected chi connectivity index (χ2v) is 7.39. The zero-order valence-electron chi connectivity index (χ0n) is 14.8. The van der Waals surface area contributed by atoms with Gasteiger partial charge in [0.1, 0.15) is 12.0 Å².